The lowest BCUT2D eigenvalue weighted by Crippen LogP contribution is -1.83. The molecule has 0 fully saturated rings. The van der Waals surface area contributed by atoms with Gasteiger partial charge in [0.15, 0.2) is 0 Å². The van der Waals surface area contributed by atoms with E-state index in [1.807, 2.05) is 0 Å². The Morgan fingerprint density at radius 3 is 0.761 bits per heavy atom. The SMILES string of the molecule is CCCCCCCCCCCCCCCCC=COP(=O)(O)O.CCCCCCCCCCCCCCCCC=COP(=O)(O)O. The van der Waals surface area contributed by atoms with E-state index in [1.54, 1.807) is 12.2 Å². The predicted molar refractivity (Wildman–Crippen MR) is 194 cm³/mol. The lowest BCUT2D eigenvalue weighted by molar-refractivity contribution is 0.256. The maximum Gasteiger partial charge on any atom is 0.524 e. The van der Waals surface area contributed by atoms with Gasteiger partial charge in [-0.1, -0.05) is 181 Å². The van der Waals surface area contributed by atoms with Gasteiger partial charge < -0.3 is 9.05 Å². The van der Waals surface area contributed by atoms with Crippen molar-refractivity contribution in [2.24, 2.45) is 0 Å². The molecule has 0 aromatic heterocycles. The van der Waals surface area contributed by atoms with Crippen LogP contribution in [0.4, 0.5) is 0 Å². The third-order valence-corrected chi connectivity index (χ3v) is 8.83. The lowest BCUT2D eigenvalue weighted by Gasteiger charge is -2.03. The summed E-state index contributed by atoms with van der Waals surface area (Å²) in [6.07, 6.45) is 44.6. The number of unbranched alkanes of at least 4 members (excludes halogenated alkanes) is 28. The van der Waals surface area contributed by atoms with Gasteiger partial charge in [-0.25, -0.2) is 9.13 Å². The summed E-state index contributed by atoms with van der Waals surface area (Å²) in [5.74, 6) is 0. The van der Waals surface area contributed by atoms with E-state index in [0.29, 0.717) is 0 Å². The van der Waals surface area contributed by atoms with Gasteiger partial charge in [-0.2, -0.15) is 0 Å². The Bertz CT molecular complexity index is 686. The van der Waals surface area contributed by atoms with Crippen LogP contribution in [0.15, 0.2) is 24.7 Å². The molecule has 0 saturated heterocycles. The van der Waals surface area contributed by atoms with Crippen molar-refractivity contribution in [2.45, 2.75) is 206 Å². The van der Waals surface area contributed by atoms with Gasteiger partial charge in [0.2, 0.25) is 0 Å². The fourth-order valence-electron chi connectivity index (χ4n) is 5.29. The smallest absolute Gasteiger partial charge is 0.413 e. The number of hydrogen-bond acceptors (Lipinski definition) is 4. The van der Waals surface area contributed by atoms with Gasteiger partial charge in [0.25, 0.3) is 0 Å². The molecular weight excluding hydrogens is 622 g/mol. The Balaban J connectivity index is 0. The molecule has 0 atom stereocenters. The highest BCUT2D eigenvalue weighted by molar-refractivity contribution is 7.46. The Morgan fingerprint density at radius 2 is 0.565 bits per heavy atom. The summed E-state index contributed by atoms with van der Waals surface area (Å²) in [6.45, 7) is 4.52. The molecule has 0 aromatic carbocycles. The average molecular weight is 697 g/mol. The maximum atomic E-state index is 10.4. The second-order valence-corrected chi connectivity index (χ2v) is 15.1. The molecule has 0 heterocycles. The molecular formula is C36H74O8P2. The molecule has 0 radical (unpaired) electrons. The van der Waals surface area contributed by atoms with Crippen LogP contribution in [0.1, 0.15) is 206 Å². The molecule has 0 rings (SSSR count). The summed E-state index contributed by atoms with van der Waals surface area (Å²) in [7, 11) is -8.68. The zero-order valence-corrected chi connectivity index (χ0v) is 31.6. The minimum atomic E-state index is -4.34. The summed E-state index contributed by atoms with van der Waals surface area (Å²) < 4.78 is 29.3. The molecule has 0 aromatic rings. The number of phosphoric ester groups is 2. The molecule has 8 nitrogen and oxygen atoms in total. The Morgan fingerprint density at radius 1 is 0.370 bits per heavy atom. The van der Waals surface area contributed by atoms with Crippen LogP contribution in [0.5, 0.6) is 0 Å². The first-order valence-corrected chi connectivity index (χ1v) is 22.0. The Kier molecular flexibility index (Phi) is 38.4. The molecule has 0 saturated carbocycles. The molecule has 46 heavy (non-hydrogen) atoms. The zero-order chi connectivity index (χ0) is 34.5. The first-order chi connectivity index (χ1) is 22.1. The van der Waals surface area contributed by atoms with Crippen LogP contribution in [-0.4, -0.2) is 19.6 Å². The normalized spacial score (nSPS) is 12.1. The summed E-state index contributed by atoms with van der Waals surface area (Å²) >= 11 is 0. The Labute approximate surface area is 284 Å². The first-order valence-electron chi connectivity index (χ1n) is 18.9. The van der Waals surface area contributed by atoms with Gasteiger partial charge in [-0.15, -0.1) is 0 Å². The fraction of sp³-hybridized carbons (Fsp3) is 0.889. The molecule has 4 N–H and O–H groups in total. The number of hydrogen-bond donors (Lipinski definition) is 4. The summed E-state index contributed by atoms with van der Waals surface area (Å²) in [5, 5.41) is 0. The van der Waals surface area contributed by atoms with E-state index in [-0.39, 0.29) is 0 Å². The van der Waals surface area contributed by atoms with Gasteiger partial charge in [0.1, 0.15) is 0 Å². The van der Waals surface area contributed by atoms with Crippen molar-refractivity contribution in [1.29, 1.82) is 0 Å². The standard InChI is InChI=1S/2C18H37O4P/c2*1-2-3-4-5-6-7-8-9-10-11-12-13-14-15-16-17-18-22-23(19,20)21/h2*17-18H,2-16H2,1H3,(H2,19,20,21). The van der Waals surface area contributed by atoms with Crippen molar-refractivity contribution in [1.82, 2.24) is 0 Å². The van der Waals surface area contributed by atoms with Gasteiger partial charge >= 0.3 is 15.6 Å². The summed E-state index contributed by atoms with van der Waals surface area (Å²) in [4.78, 5) is 33.9. The van der Waals surface area contributed by atoms with Gasteiger partial charge in [-0.3, -0.25) is 19.6 Å². The molecule has 0 bridgehead atoms. The van der Waals surface area contributed by atoms with Gasteiger partial charge in [-0.05, 0) is 37.8 Å². The van der Waals surface area contributed by atoms with Crippen LogP contribution >= 0.6 is 15.6 Å². The van der Waals surface area contributed by atoms with E-state index in [0.717, 1.165) is 38.2 Å². The fourth-order valence-corrected chi connectivity index (χ4v) is 5.78. The second-order valence-electron chi connectivity index (χ2n) is 12.7. The second kappa shape index (κ2) is 37.2. The lowest BCUT2D eigenvalue weighted by atomic mass is 10.0. The number of rotatable bonds is 34. The number of phosphoric acid groups is 2. The molecule has 276 valence electrons. The van der Waals surface area contributed by atoms with E-state index in [9.17, 15) is 9.13 Å². The van der Waals surface area contributed by atoms with Crippen molar-refractivity contribution in [3.05, 3.63) is 24.7 Å². The van der Waals surface area contributed by atoms with Crippen LogP contribution < -0.4 is 0 Å². The highest BCUT2D eigenvalue weighted by atomic mass is 31.2. The molecule has 0 amide bonds. The summed E-state index contributed by atoms with van der Waals surface area (Å²) in [5.41, 5.74) is 0. The van der Waals surface area contributed by atoms with E-state index in [1.165, 1.54) is 167 Å². The Hall–Kier alpha value is -0.620. The van der Waals surface area contributed by atoms with Gasteiger partial charge in [0, 0.05) is 0 Å². The van der Waals surface area contributed by atoms with Crippen molar-refractivity contribution >= 4 is 15.6 Å². The monoisotopic (exact) mass is 696 g/mol. The summed E-state index contributed by atoms with van der Waals surface area (Å²) in [6, 6.07) is 0. The molecule has 0 aliphatic carbocycles. The van der Waals surface area contributed by atoms with Crippen LogP contribution in [0.3, 0.4) is 0 Å². The quantitative estimate of drug-likeness (QED) is 0.0297. The van der Waals surface area contributed by atoms with E-state index in [4.69, 9.17) is 19.6 Å². The van der Waals surface area contributed by atoms with Crippen molar-refractivity contribution in [3.8, 4) is 0 Å². The van der Waals surface area contributed by atoms with Crippen LogP contribution in [0, 0.1) is 0 Å². The molecule has 0 aliphatic heterocycles. The van der Waals surface area contributed by atoms with E-state index >= 15 is 0 Å². The molecule has 0 spiro atoms. The predicted octanol–water partition coefficient (Wildman–Crippen LogP) is 13.0. The van der Waals surface area contributed by atoms with E-state index in [2.05, 4.69) is 22.9 Å². The van der Waals surface area contributed by atoms with Crippen LogP contribution in [0.2, 0.25) is 0 Å². The van der Waals surface area contributed by atoms with Crippen molar-refractivity contribution in [2.75, 3.05) is 0 Å². The van der Waals surface area contributed by atoms with Crippen molar-refractivity contribution < 1.29 is 37.8 Å². The number of allylic oxidation sites excluding steroid dienone is 2. The minimum Gasteiger partial charge on any atom is -0.413 e. The third kappa shape index (κ3) is 50.2. The van der Waals surface area contributed by atoms with Crippen LogP contribution in [-0.2, 0) is 18.2 Å². The first kappa shape index (κ1) is 47.5. The highest BCUT2D eigenvalue weighted by Gasteiger charge is 2.11. The third-order valence-electron chi connectivity index (χ3n) is 8.04. The average Bonchev–Trinajstić information content (AvgIpc) is 2.99. The largest absolute Gasteiger partial charge is 0.524 e. The van der Waals surface area contributed by atoms with Crippen molar-refractivity contribution in [3.63, 3.8) is 0 Å². The molecule has 0 aliphatic rings. The van der Waals surface area contributed by atoms with E-state index < -0.39 is 15.6 Å². The van der Waals surface area contributed by atoms with Crippen LogP contribution in [0.25, 0.3) is 0 Å². The topological polar surface area (TPSA) is 134 Å². The highest BCUT2D eigenvalue weighted by Crippen LogP contribution is 2.36. The molecule has 0 unspecified atom stereocenters. The molecule has 10 heteroatoms. The minimum absolute atomic E-state index is 0.817. The zero-order valence-electron chi connectivity index (χ0n) is 29.8. The van der Waals surface area contributed by atoms with Gasteiger partial charge in [0.05, 0.1) is 12.5 Å². The maximum absolute atomic E-state index is 10.4.